The van der Waals surface area contributed by atoms with Crippen molar-refractivity contribution < 1.29 is 58.7 Å². The van der Waals surface area contributed by atoms with Crippen molar-refractivity contribution in [2.75, 3.05) is 7.11 Å². The minimum atomic E-state index is -0.935. The topological polar surface area (TPSA) is 202 Å². The monoisotopic (exact) mass is 809 g/mol. The van der Waals surface area contributed by atoms with Gasteiger partial charge < -0.3 is 29.9 Å². The van der Waals surface area contributed by atoms with Crippen LogP contribution in [0.1, 0.15) is 158 Å². The smallest absolute Gasteiger partial charge is 0.333 e. The molecule has 12 heteroatoms. The predicted molar refractivity (Wildman–Crippen MR) is 229 cm³/mol. The van der Waals surface area contributed by atoms with Crippen LogP contribution in [-0.4, -0.2) is 69.5 Å². The van der Waals surface area contributed by atoms with Crippen LogP contribution in [-0.2, 0) is 38.2 Å². The first-order valence-electron chi connectivity index (χ1n) is 19.7. The highest BCUT2D eigenvalue weighted by atomic mass is 16.5. The molecule has 1 atom stereocenters. The van der Waals surface area contributed by atoms with Crippen molar-refractivity contribution in [1.82, 2.24) is 0 Å². The van der Waals surface area contributed by atoms with E-state index in [1.165, 1.54) is 46.1 Å². The summed E-state index contributed by atoms with van der Waals surface area (Å²) in [5.41, 5.74) is 2.23. The van der Waals surface area contributed by atoms with Gasteiger partial charge in [-0.25, -0.2) is 28.8 Å². The lowest BCUT2D eigenvalue weighted by Gasteiger charge is -2.21. The maximum atomic E-state index is 11.1. The molecule has 0 spiro atoms. The fourth-order valence-electron chi connectivity index (χ4n) is 4.10. The number of esters is 2. The number of carbonyl (C=O) groups is 6. The highest BCUT2D eigenvalue weighted by Gasteiger charge is 2.17. The minimum absolute atomic E-state index is 0.156. The van der Waals surface area contributed by atoms with E-state index in [0.29, 0.717) is 46.6 Å². The first-order chi connectivity index (χ1) is 26.5. The highest BCUT2D eigenvalue weighted by molar-refractivity contribution is 5.88. The molecule has 1 unspecified atom stereocenters. The summed E-state index contributed by atoms with van der Waals surface area (Å²) >= 11 is 0. The Kier molecular flexibility index (Phi) is 44.1. The number of methoxy groups -OCH3 is 1. The quantitative estimate of drug-likeness (QED) is 0.0547. The summed E-state index contributed by atoms with van der Waals surface area (Å²) in [5.74, 6) is -3.55. The highest BCUT2D eigenvalue weighted by Crippen LogP contribution is 2.21. The number of aliphatic carboxylic acids is 4. The van der Waals surface area contributed by atoms with Crippen molar-refractivity contribution in [3.63, 3.8) is 0 Å². The number of rotatable bonds is 19. The largest absolute Gasteiger partial charge is 0.478 e. The molecular weight excluding hydrogens is 732 g/mol. The molecule has 0 amide bonds. The molecule has 0 aromatic heterocycles. The zero-order chi connectivity index (χ0) is 45.5. The molecule has 0 aromatic rings. The first kappa shape index (κ1) is 61.5. The van der Waals surface area contributed by atoms with E-state index in [2.05, 4.69) is 58.4 Å². The molecule has 1 fully saturated rings. The number of ether oxygens (including phenoxy) is 2. The molecule has 12 nitrogen and oxygen atoms in total. The van der Waals surface area contributed by atoms with Crippen LogP contribution in [0.2, 0.25) is 0 Å². The Balaban J connectivity index is -0.000000193. The fourth-order valence-corrected chi connectivity index (χ4v) is 4.10. The summed E-state index contributed by atoms with van der Waals surface area (Å²) < 4.78 is 9.49. The molecule has 0 aromatic carbocycles. The number of hydrogen-bond donors (Lipinski definition) is 4. The Morgan fingerprint density at radius 3 is 1.40 bits per heavy atom. The average molecular weight is 809 g/mol. The summed E-state index contributed by atoms with van der Waals surface area (Å²) in [6.45, 7) is 31.7. The SMILES string of the molecule is C=C(C)C(=O)O.C=C(C)C(=O)OC.C=C(C)C(=O)OC1CCCCC1.C=C(CC(CC)CCCC)C(=O)O.C=C(CCCC)C(=O)O.CCCCC=C(C)C(=O)O. The van der Waals surface area contributed by atoms with E-state index in [4.69, 9.17) is 25.2 Å². The van der Waals surface area contributed by atoms with Gasteiger partial charge in [0.1, 0.15) is 6.10 Å². The molecule has 1 saturated carbocycles. The van der Waals surface area contributed by atoms with Crippen molar-refractivity contribution in [2.24, 2.45) is 5.92 Å². The van der Waals surface area contributed by atoms with Crippen LogP contribution in [0.5, 0.6) is 0 Å². The molecule has 1 aliphatic rings. The van der Waals surface area contributed by atoms with Gasteiger partial charge in [0.05, 0.1) is 7.11 Å². The van der Waals surface area contributed by atoms with E-state index >= 15 is 0 Å². The summed E-state index contributed by atoms with van der Waals surface area (Å²) in [4.78, 5) is 61.7. The van der Waals surface area contributed by atoms with Crippen molar-refractivity contribution in [2.45, 2.75) is 164 Å². The number of carboxylic acid groups (broad SMARTS) is 4. The predicted octanol–water partition coefficient (Wildman–Crippen LogP) is 11.1. The number of carbonyl (C=O) groups excluding carboxylic acids is 2. The second-order valence-corrected chi connectivity index (χ2v) is 13.7. The molecule has 0 bridgehead atoms. The molecule has 0 aliphatic heterocycles. The lowest BCUT2D eigenvalue weighted by atomic mass is 9.92. The summed E-state index contributed by atoms with van der Waals surface area (Å²) in [7, 11) is 1.33. The summed E-state index contributed by atoms with van der Waals surface area (Å²) in [6.07, 6.45) is 18.4. The molecule has 328 valence electrons. The minimum Gasteiger partial charge on any atom is -0.478 e. The van der Waals surface area contributed by atoms with Crippen LogP contribution in [0.4, 0.5) is 0 Å². The van der Waals surface area contributed by atoms with Gasteiger partial charge in [-0.05, 0) is 85.0 Å². The van der Waals surface area contributed by atoms with Gasteiger partial charge in [-0.1, -0.05) is 118 Å². The molecule has 0 saturated heterocycles. The van der Waals surface area contributed by atoms with E-state index in [-0.39, 0.29) is 23.6 Å². The number of carboxylic acids is 4. The first-order valence-corrected chi connectivity index (χ1v) is 19.7. The van der Waals surface area contributed by atoms with E-state index in [0.717, 1.165) is 57.8 Å². The lowest BCUT2D eigenvalue weighted by molar-refractivity contribution is -0.145. The van der Waals surface area contributed by atoms with Crippen LogP contribution in [0, 0.1) is 5.92 Å². The third kappa shape index (κ3) is 45.5. The number of allylic oxidation sites excluding steroid dienone is 1. The van der Waals surface area contributed by atoms with E-state index in [1.54, 1.807) is 26.8 Å². The van der Waals surface area contributed by atoms with Gasteiger partial charge in [-0.15, -0.1) is 0 Å². The Hall–Kier alpha value is -4.74. The van der Waals surface area contributed by atoms with E-state index < -0.39 is 23.9 Å². The summed E-state index contributed by atoms with van der Waals surface area (Å²) in [6, 6.07) is 0. The van der Waals surface area contributed by atoms with Gasteiger partial charge in [0.2, 0.25) is 0 Å². The Labute approximate surface area is 343 Å². The van der Waals surface area contributed by atoms with Crippen LogP contribution >= 0.6 is 0 Å². The van der Waals surface area contributed by atoms with Crippen molar-refractivity contribution in [1.29, 1.82) is 0 Å². The molecular formula is C45H76O12. The zero-order valence-corrected chi connectivity index (χ0v) is 36.6. The average Bonchev–Trinajstić information content (AvgIpc) is 3.16. The fraction of sp³-hybridized carbons (Fsp3) is 0.600. The second kappa shape index (κ2) is 40.9. The maximum absolute atomic E-state index is 11.1. The van der Waals surface area contributed by atoms with Crippen LogP contribution < -0.4 is 0 Å². The van der Waals surface area contributed by atoms with Gasteiger partial charge >= 0.3 is 35.8 Å². The zero-order valence-electron chi connectivity index (χ0n) is 36.6. The third-order valence-electron chi connectivity index (χ3n) is 7.93. The Bertz CT molecular complexity index is 1270. The van der Waals surface area contributed by atoms with Gasteiger partial charge in [0, 0.05) is 33.4 Å². The van der Waals surface area contributed by atoms with Crippen LogP contribution in [0.15, 0.2) is 72.4 Å². The van der Waals surface area contributed by atoms with Crippen LogP contribution in [0.3, 0.4) is 0 Å². The molecule has 4 N–H and O–H groups in total. The summed E-state index contributed by atoms with van der Waals surface area (Å²) in [5, 5.41) is 33.3. The van der Waals surface area contributed by atoms with Crippen molar-refractivity contribution >= 4 is 35.8 Å². The Morgan fingerprint density at radius 2 is 1.09 bits per heavy atom. The molecule has 57 heavy (non-hydrogen) atoms. The lowest BCUT2D eigenvalue weighted by Crippen LogP contribution is -2.20. The van der Waals surface area contributed by atoms with Gasteiger partial charge in [0.25, 0.3) is 0 Å². The molecule has 0 radical (unpaired) electrons. The Morgan fingerprint density at radius 1 is 0.632 bits per heavy atom. The van der Waals surface area contributed by atoms with Crippen molar-refractivity contribution in [3.8, 4) is 0 Å². The third-order valence-corrected chi connectivity index (χ3v) is 7.93. The van der Waals surface area contributed by atoms with Gasteiger partial charge in [-0.3, -0.25) is 0 Å². The number of hydrogen-bond acceptors (Lipinski definition) is 8. The number of unbranched alkanes of at least 4 members (excludes halogenated alkanes) is 4. The molecule has 1 aliphatic carbocycles. The van der Waals surface area contributed by atoms with E-state index in [9.17, 15) is 28.8 Å². The standard InChI is InChI=1S/C11H20O2.C10H16O2.C8H14O2.C7H12O2.C5H8O2.C4H6O2/c1-4-6-7-10(5-2)8-9(3)11(12)13;1-8(2)10(11)12-9-6-4-3-5-7-9;1-3-4-5-6-7(2)8(9)10;1-3-4-5-6(2)7(8)9;1-4(2)5(6)7-3;1-3(2)4(5)6/h10H,3-8H2,1-2H3,(H,12,13);9H,1,3-7H2,2H3;6H,3-5H2,1-2H3,(H,9,10);2-5H2,1H3,(H,8,9);1H2,2-3H3;1H2,2H3,(H,5,6). The normalized spacial score (nSPS) is 12.0. The van der Waals surface area contributed by atoms with Gasteiger partial charge in [-0.2, -0.15) is 0 Å². The second-order valence-electron chi connectivity index (χ2n) is 13.7. The van der Waals surface area contributed by atoms with Crippen molar-refractivity contribution in [3.05, 3.63) is 72.4 Å². The maximum Gasteiger partial charge on any atom is 0.333 e. The van der Waals surface area contributed by atoms with Crippen LogP contribution in [0.25, 0.3) is 0 Å². The molecule has 1 rings (SSSR count). The molecule has 0 heterocycles. The van der Waals surface area contributed by atoms with Gasteiger partial charge in [0.15, 0.2) is 0 Å². The van der Waals surface area contributed by atoms with E-state index in [1.807, 2.05) is 6.92 Å².